The van der Waals surface area contributed by atoms with E-state index in [1.54, 1.807) is 7.05 Å². The molecule has 142 valence electrons. The molecule has 1 aromatic heterocycles. The molecule has 1 aromatic carbocycles. The molecule has 1 aliphatic rings. The molecule has 1 aliphatic heterocycles. The fourth-order valence-electron chi connectivity index (χ4n) is 2.99. The maximum Gasteiger partial charge on any atom is 0.191 e. The predicted molar refractivity (Wildman–Crippen MR) is 120 cm³/mol. The Morgan fingerprint density at radius 2 is 2.27 bits per heavy atom. The molecule has 26 heavy (non-hydrogen) atoms. The van der Waals surface area contributed by atoms with Crippen molar-refractivity contribution in [3.05, 3.63) is 44.9 Å². The lowest BCUT2D eigenvalue weighted by molar-refractivity contribution is 0.392. The van der Waals surface area contributed by atoms with Crippen molar-refractivity contribution >= 4 is 57.5 Å². The molecular formula is C17H23BrClIN6. The number of nitrogens with zero attached hydrogens (tertiary/aromatic N) is 4. The Kier molecular flexibility index (Phi) is 8.15. The second-order valence-corrected chi connectivity index (χ2v) is 7.41. The number of aliphatic imine (C=N–C) groups is 1. The fourth-order valence-corrected chi connectivity index (χ4v) is 3.63. The van der Waals surface area contributed by atoms with Crippen LogP contribution >= 0.6 is 51.5 Å². The van der Waals surface area contributed by atoms with Gasteiger partial charge in [-0.1, -0.05) is 27.5 Å². The second kappa shape index (κ2) is 9.89. The standard InChI is InChI=1S/C17H22BrClN6.HI/c1-11-22-16-6-4-14(10-25(16)24-11)23-17(20-2)21-8-7-12-9-13(19)3-5-15(12)18;/h3,5,9,14H,4,6-8,10H2,1-2H3,(H2,20,21,23);1H. The summed E-state index contributed by atoms with van der Waals surface area (Å²) in [5.41, 5.74) is 1.18. The van der Waals surface area contributed by atoms with Gasteiger partial charge in [0.1, 0.15) is 11.6 Å². The Morgan fingerprint density at radius 1 is 1.46 bits per heavy atom. The summed E-state index contributed by atoms with van der Waals surface area (Å²) in [7, 11) is 1.79. The van der Waals surface area contributed by atoms with E-state index >= 15 is 0 Å². The van der Waals surface area contributed by atoms with Gasteiger partial charge in [0, 0.05) is 35.6 Å². The van der Waals surface area contributed by atoms with E-state index in [0.717, 1.165) is 59.5 Å². The van der Waals surface area contributed by atoms with Gasteiger partial charge in [-0.3, -0.25) is 4.99 Å². The van der Waals surface area contributed by atoms with Gasteiger partial charge in [0.25, 0.3) is 0 Å². The van der Waals surface area contributed by atoms with Crippen molar-refractivity contribution < 1.29 is 0 Å². The van der Waals surface area contributed by atoms with E-state index in [-0.39, 0.29) is 24.0 Å². The van der Waals surface area contributed by atoms with Crippen LogP contribution in [0.2, 0.25) is 5.02 Å². The third-order valence-electron chi connectivity index (χ3n) is 4.22. The smallest absolute Gasteiger partial charge is 0.191 e. The molecule has 0 amide bonds. The van der Waals surface area contributed by atoms with Crippen LogP contribution in [-0.2, 0) is 19.4 Å². The summed E-state index contributed by atoms with van der Waals surface area (Å²) < 4.78 is 3.07. The highest BCUT2D eigenvalue weighted by molar-refractivity contribution is 14.0. The van der Waals surface area contributed by atoms with Gasteiger partial charge in [0.05, 0.1) is 6.54 Å². The average Bonchev–Trinajstić information content (AvgIpc) is 2.96. The minimum absolute atomic E-state index is 0. The largest absolute Gasteiger partial charge is 0.356 e. The first-order valence-corrected chi connectivity index (χ1v) is 9.53. The summed E-state index contributed by atoms with van der Waals surface area (Å²) in [4.78, 5) is 8.77. The first kappa shape index (κ1) is 21.4. The molecule has 2 aromatic rings. The van der Waals surface area contributed by atoms with E-state index in [4.69, 9.17) is 11.6 Å². The van der Waals surface area contributed by atoms with Crippen molar-refractivity contribution in [2.75, 3.05) is 13.6 Å². The van der Waals surface area contributed by atoms with E-state index in [0.29, 0.717) is 6.04 Å². The zero-order valence-electron chi connectivity index (χ0n) is 14.8. The highest BCUT2D eigenvalue weighted by Gasteiger charge is 2.21. The molecule has 0 radical (unpaired) electrons. The van der Waals surface area contributed by atoms with Crippen LogP contribution in [-0.4, -0.2) is 40.4 Å². The van der Waals surface area contributed by atoms with Crippen LogP contribution in [0.25, 0.3) is 0 Å². The minimum Gasteiger partial charge on any atom is -0.356 e. The molecule has 0 aliphatic carbocycles. The molecule has 0 bridgehead atoms. The number of benzene rings is 1. The van der Waals surface area contributed by atoms with E-state index in [9.17, 15) is 0 Å². The lowest BCUT2D eigenvalue weighted by Crippen LogP contribution is -2.47. The Bertz CT molecular complexity index is 779. The summed E-state index contributed by atoms with van der Waals surface area (Å²) in [6.07, 6.45) is 2.82. The molecule has 9 heteroatoms. The third kappa shape index (κ3) is 5.56. The van der Waals surface area contributed by atoms with Crippen LogP contribution < -0.4 is 10.6 Å². The number of hydrogen-bond acceptors (Lipinski definition) is 3. The van der Waals surface area contributed by atoms with Gasteiger partial charge >= 0.3 is 0 Å². The van der Waals surface area contributed by atoms with Crippen LogP contribution in [0.4, 0.5) is 0 Å². The molecule has 0 saturated heterocycles. The van der Waals surface area contributed by atoms with E-state index in [1.165, 1.54) is 5.56 Å². The maximum atomic E-state index is 6.07. The van der Waals surface area contributed by atoms with Crippen molar-refractivity contribution in [2.24, 2.45) is 4.99 Å². The Morgan fingerprint density at radius 3 is 3.04 bits per heavy atom. The van der Waals surface area contributed by atoms with E-state index in [1.807, 2.05) is 29.8 Å². The number of nitrogens with one attached hydrogen (secondary N) is 2. The van der Waals surface area contributed by atoms with Gasteiger partial charge in [0.15, 0.2) is 5.96 Å². The van der Waals surface area contributed by atoms with Gasteiger partial charge in [-0.05, 0) is 43.5 Å². The molecule has 0 fully saturated rings. The topological polar surface area (TPSA) is 67.1 Å². The van der Waals surface area contributed by atoms with E-state index in [2.05, 4.69) is 41.6 Å². The fraction of sp³-hybridized carbons (Fsp3) is 0.471. The normalized spacial score (nSPS) is 16.6. The van der Waals surface area contributed by atoms with Crippen LogP contribution in [0, 0.1) is 6.92 Å². The Hall–Kier alpha value is -0.870. The van der Waals surface area contributed by atoms with E-state index < -0.39 is 0 Å². The van der Waals surface area contributed by atoms with Gasteiger partial charge < -0.3 is 10.6 Å². The molecule has 0 spiro atoms. The SMILES string of the molecule is CN=C(NCCc1cc(Cl)ccc1Br)NC1CCc2nc(C)nn2C1.I. The summed E-state index contributed by atoms with van der Waals surface area (Å²) in [6, 6.07) is 6.15. The summed E-state index contributed by atoms with van der Waals surface area (Å²) in [5, 5.41) is 12.0. The van der Waals surface area contributed by atoms with Crippen molar-refractivity contribution in [1.29, 1.82) is 0 Å². The molecule has 2 heterocycles. The van der Waals surface area contributed by atoms with Crippen LogP contribution in [0.5, 0.6) is 0 Å². The van der Waals surface area contributed by atoms with Gasteiger partial charge in [-0.2, -0.15) is 5.10 Å². The van der Waals surface area contributed by atoms with Crippen LogP contribution in [0.3, 0.4) is 0 Å². The Balaban J connectivity index is 0.00000243. The average molecular weight is 554 g/mol. The number of guanidine groups is 1. The molecule has 2 N–H and O–H groups in total. The van der Waals surface area contributed by atoms with Crippen molar-refractivity contribution in [1.82, 2.24) is 25.4 Å². The summed E-state index contributed by atoms with van der Waals surface area (Å²) in [6.45, 7) is 3.53. The first-order chi connectivity index (χ1) is 12.0. The van der Waals surface area contributed by atoms with Gasteiger partial charge in [-0.25, -0.2) is 9.67 Å². The quantitative estimate of drug-likeness (QED) is 0.346. The van der Waals surface area contributed by atoms with Crippen LogP contribution in [0.1, 0.15) is 23.6 Å². The molecule has 1 unspecified atom stereocenters. The summed E-state index contributed by atoms with van der Waals surface area (Å²) in [5.74, 6) is 2.72. The van der Waals surface area contributed by atoms with Crippen LogP contribution in [0.15, 0.2) is 27.7 Å². The second-order valence-electron chi connectivity index (χ2n) is 6.12. The number of aromatic nitrogens is 3. The maximum absolute atomic E-state index is 6.07. The monoisotopic (exact) mass is 552 g/mol. The number of hydrogen-bond donors (Lipinski definition) is 2. The molecule has 6 nitrogen and oxygen atoms in total. The minimum atomic E-state index is 0. The van der Waals surface area contributed by atoms with Gasteiger partial charge in [0.2, 0.25) is 0 Å². The third-order valence-corrected chi connectivity index (χ3v) is 5.23. The number of rotatable bonds is 4. The predicted octanol–water partition coefficient (Wildman–Crippen LogP) is 3.34. The Labute approximate surface area is 184 Å². The highest BCUT2D eigenvalue weighted by Crippen LogP contribution is 2.21. The molecule has 1 atom stereocenters. The van der Waals surface area contributed by atoms with Crippen molar-refractivity contribution in [3.8, 4) is 0 Å². The first-order valence-electron chi connectivity index (χ1n) is 8.36. The zero-order chi connectivity index (χ0) is 17.8. The highest BCUT2D eigenvalue weighted by atomic mass is 127. The number of halogens is 3. The van der Waals surface area contributed by atoms with Crippen molar-refractivity contribution in [3.63, 3.8) is 0 Å². The molecular weight excluding hydrogens is 530 g/mol. The number of fused-ring (bicyclic) bond motifs is 1. The summed E-state index contributed by atoms with van der Waals surface area (Å²) >= 11 is 9.63. The zero-order valence-corrected chi connectivity index (χ0v) is 19.5. The molecule has 0 saturated carbocycles. The van der Waals surface area contributed by atoms with Crippen molar-refractivity contribution in [2.45, 2.75) is 38.8 Å². The van der Waals surface area contributed by atoms with Gasteiger partial charge in [-0.15, -0.1) is 24.0 Å². The number of aryl methyl sites for hydroxylation is 2. The molecule has 3 rings (SSSR count). The lowest BCUT2D eigenvalue weighted by atomic mass is 10.1. The lowest BCUT2D eigenvalue weighted by Gasteiger charge is -2.25.